The van der Waals surface area contributed by atoms with Crippen molar-refractivity contribution in [3.8, 4) is 0 Å². The highest BCUT2D eigenvalue weighted by Gasteiger charge is 2.12. The van der Waals surface area contributed by atoms with Crippen LogP contribution in [-0.4, -0.2) is 18.1 Å². The van der Waals surface area contributed by atoms with Crippen molar-refractivity contribution in [1.29, 1.82) is 0 Å². The summed E-state index contributed by atoms with van der Waals surface area (Å²) in [6.07, 6.45) is 0. The molecule has 2 rings (SSSR count). The molecule has 0 unspecified atom stereocenters. The normalized spacial score (nSPS) is 10.3. The van der Waals surface area contributed by atoms with Crippen molar-refractivity contribution in [2.24, 2.45) is 0 Å². The lowest BCUT2D eigenvalue weighted by Crippen LogP contribution is -2.17. The first-order valence-corrected chi connectivity index (χ1v) is 6.27. The van der Waals surface area contributed by atoms with Gasteiger partial charge in [0.1, 0.15) is 5.82 Å². The minimum atomic E-state index is -1.25. The van der Waals surface area contributed by atoms with E-state index in [2.05, 4.69) is 0 Å². The van der Waals surface area contributed by atoms with Crippen LogP contribution in [0.4, 0.5) is 10.1 Å². The number of rotatable bonds is 4. The van der Waals surface area contributed by atoms with Crippen molar-refractivity contribution >= 4 is 11.7 Å². The summed E-state index contributed by atoms with van der Waals surface area (Å²) >= 11 is 0. The Kier molecular flexibility index (Phi) is 4.03. The molecule has 0 spiro atoms. The van der Waals surface area contributed by atoms with Gasteiger partial charge in [-0.05, 0) is 30.7 Å². The fourth-order valence-electron chi connectivity index (χ4n) is 1.97. The number of hydrogen-bond acceptors (Lipinski definition) is 2. The van der Waals surface area contributed by atoms with E-state index in [0.29, 0.717) is 12.2 Å². The van der Waals surface area contributed by atoms with E-state index >= 15 is 0 Å². The number of hydrogen-bond donors (Lipinski definition) is 1. The van der Waals surface area contributed by atoms with E-state index in [0.717, 1.165) is 5.56 Å². The third kappa shape index (κ3) is 3.15. The number of aromatic carboxylic acids is 1. The van der Waals surface area contributed by atoms with Gasteiger partial charge in [-0.1, -0.05) is 29.8 Å². The van der Waals surface area contributed by atoms with Gasteiger partial charge in [0.2, 0.25) is 0 Å². The molecular formula is C16H16FNO2. The Hall–Kier alpha value is -2.36. The number of nitrogens with zero attached hydrogens (tertiary/aromatic N) is 1. The molecule has 0 saturated heterocycles. The van der Waals surface area contributed by atoms with E-state index in [1.54, 1.807) is 6.07 Å². The molecule has 4 heteroatoms. The SMILES string of the molecule is Cc1ccc(CN(C)c2ccc(C(=O)O)c(F)c2)cc1. The summed E-state index contributed by atoms with van der Waals surface area (Å²) in [6, 6.07) is 12.2. The second kappa shape index (κ2) is 5.74. The lowest BCUT2D eigenvalue weighted by Gasteiger charge is -2.20. The molecule has 20 heavy (non-hydrogen) atoms. The number of carboxylic acids is 1. The topological polar surface area (TPSA) is 40.5 Å². The Bertz CT molecular complexity index is 623. The highest BCUT2D eigenvalue weighted by molar-refractivity contribution is 5.88. The van der Waals surface area contributed by atoms with Crippen molar-refractivity contribution in [3.63, 3.8) is 0 Å². The van der Waals surface area contributed by atoms with E-state index in [1.165, 1.54) is 17.7 Å². The minimum Gasteiger partial charge on any atom is -0.478 e. The molecular weight excluding hydrogens is 257 g/mol. The highest BCUT2D eigenvalue weighted by atomic mass is 19.1. The zero-order valence-corrected chi connectivity index (χ0v) is 11.4. The fraction of sp³-hybridized carbons (Fsp3) is 0.188. The summed E-state index contributed by atoms with van der Waals surface area (Å²) < 4.78 is 13.6. The highest BCUT2D eigenvalue weighted by Crippen LogP contribution is 2.19. The van der Waals surface area contributed by atoms with Crippen molar-refractivity contribution < 1.29 is 14.3 Å². The summed E-state index contributed by atoms with van der Waals surface area (Å²) in [5, 5.41) is 8.80. The molecule has 0 fully saturated rings. The maximum absolute atomic E-state index is 13.6. The summed E-state index contributed by atoms with van der Waals surface area (Å²) in [5.41, 5.74) is 2.64. The first-order chi connectivity index (χ1) is 9.47. The number of halogens is 1. The Morgan fingerprint density at radius 1 is 1.20 bits per heavy atom. The van der Waals surface area contributed by atoms with Crippen LogP contribution in [0, 0.1) is 12.7 Å². The third-order valence-electron chi connectivity index (χ3n) is 3.16. The van der Waals surface area contributed by atoms with Gasteiger partial charge in [-0.15, -0.1) is 0 Å². The molecule has 0 aromatic heterocycles. The van der Waals surface area contributed by atoms with Gasteiger partial charge in [0, 0.05) is 19.3 Å². The van der Waals surface area contributed by atoms with Gasteiger partial charge in [0.25, 0.3) is 0 Å². The molecule has 0 heterocycles. The average molecular weight is 273 g/mol. The van der Waals surface area contributed by atoms with Crippen molar-refractivity contribution in [2.75, 3.05) is 11.9 Å². The Morgan fingerprint density at radius 2 is 1.85 bits per heavy atom. The quantitative estimate of drug-likeness (QED) is 0.927. The zero-order chi connectivity index (χ0) is 14.7. The molecule has 2 aromatic carbocycles. The molecule has 2 aromatic rings. The lowest BCUT2D eigenvalue weighted by atomic mass is 10.1. The van der Waals surface area contributed by atoms with E-state index in [9.17, 15) is 9.18 Å². The molecule has 0 radical (unpaired) electrons. The summed E-state index contributed by atoms with van der Waals surface area (Å²) in [7, 11) is 1.84. The predicted molar refractivity (Wildman–Crippen MR) is 76.6 cm³/mol. The maximum atomic E-state index is 13.6. The first kappa shape index (κ1) is 14.1. The van der Waals surface area contributed by atoms with E-state index in [1.807, 2.05) is 43.1 Å². The monoisotopic (exact) mass is 273 g/mol. The van der Waals surface area contributed by atoms with Crippen molar-refractivity contribution in [2.45, 2.75) is 13.5 Å². The van der Waals surface area contributed by atoms with E-state index in [-0.39, 0.29) is 5.56 Å². The minimum absolute atomic E-state index is 0.308. The molecule has 3 nitrogen and oxygen atoms in total. The van der Waals surface area contributed by atoms with Crippen LogP contribution in [0.2, 0.25) is 0 Å². The summed E-state index contributed by atoms with van der Waals surface area (Å²) in [5.74, 6) is -1.97. The van der Waals surface area contributed by atoms with E-state index in [4.69, 9.17) is 5.11 Å². The molecule has 0 aliphatic carbocycles. The van der Waals surface area contributed by atoms with Crippen LogP contribution in [0.25, 0.3) is 0 Å². The third-order valence-corrected chi connectivity index (χ3v) is 3.16. The van der Waals surface area contributed by atoms with Gasteiger partial charge in [-0.3, -0.25) is 0 Å². The largest absolute Gasteiger partial charge is 0.478 e. The van der Waals surface area contributed by atoms with Gasteiger partial charge in [-0.2, -0.15) is 0 Å². The van der Waals surface area contributed by atoms with Crippen LogP contribution >= 0.6 is 0 Å². The number of aryl methyl sites for hydroxylation is 1. The van der Waals surface area contributed by atoms with Crippen LogP contribution in [0.5, 0.6) is 0 Å². The summed E-state index contributed by atoms with van der Waals surface area (Å²) in [6.45, 7) is 2.65. The Labute approximate surface area is 117 Å². The smallest absolute Gasteiger partial charge is 0.338 e. The maximum Gasteiger partial charge on any atom is 0.338 e. The summed E-state index contributed by atoms with van der Waals surface area (Å²) in [4.78, 5) is 12.6. The van der Waals surface area contributed by atoms with Crippen LogP contribution < -0.4 is 4.90 Å². The van der Waals surface area contributed by atoms with Gasteiger partial charge < -0.3 is 10.0 Å². The van der Waals surface area contributed by atoms with Crippen LogP contribution in [0.3, 0.4) is 0 Å². The zero-order valence-electron chi connectivity index (χ0n) is 11.4. The molecule has 0 amide bonds. The average Bonchev–Trinajstić information content (AvgIpc) is 2.40. The van der Waals surface area contributed by atoms with Crippen LogP contribution in [-0.2, 0) is 6.54 Å². The number of benzene rings is 2. The van der Waals surface area contributed by atoms with Gasteiger partial charge in [0.05, 0.1) is 5.56 Å². The molecule has 0 saturated carbocycles. The molecule has 104 valence electrons. The Balaban J connectivity index is 2.17. The van der Waals surface area contributed by atoms with Gasteiger partial charge >= 0.3 is 5.97 Å². The van der Waals surface area contributed by atoms with Crippen molar-refractivity contribution in [1.82, 2.24) is 0 Å². The Morgan fingerprint density at radius 3 is 2.40 bits per heavy atom. The molecule has 1 N–H and O–H groups in total. The first-order valence-electron chi connectivity index (χ1n) is 6.27. The predicted octanol–water partition coefficient (Wildman–Crippen LogP) is 3.47. The van der Waals surface area contributed by atoms with Crippen molar-refractivity contribution in [3.05, 3.63) is 65.0 Å². The molecule has 0 aliphatic heterocycles. The van der Waals surface area contributed by atoms with E-state index < -0.39 is 11.8 Å². The lowest BCUT2D eigenvalue weighted by molar-refractivity contribution is 0.0692. The fourth-order valence-corrected chi connectivity index (χ4v) is 1.97. The second-order valence-corrected chi connectivity index (χ2v) is 4.81. The standard InChI is InChI=1S/C16H16FNO2/c1-11-3-5-12(6-4-11)10-18(2)13-7-8-14(16(19)20)15(17)9-13/h3-9H,10H2,1-2H3,(H,19,20). The molecule has 0 aliphatic rings. The van der Waals surface area contributed by atoms with Crippen LogP contribution in [0.1, 0.15) is 21.5 Å². The van der Waals surface area contributed by atoms with Gasteiger partial charge in [0.15, 0.2) is 0 Å². The number of carbonyl (C=O) groups is 1. The number of anilines is 1. The second-order valence-electron chi connectivity index (χ2n) is 4.81. The number of carboxylic acid groups (broad SMARTS) is 1. The van der Waals surface area contributed by atoms with Crippen LogP contribution in [0.15, 0.2) is 42.5 Å². The van der Waals surface area contributed by atoms with Gasteiger partial charge in [-0.25, -0.2) is 9.18 Å². The molecule has 0 bridgehead atoms. The molecule has 0 atom stereocenters.